The van der Waals surface area contributed by atoms with Gasteiger partial charge < -0.3 is 10.6 Å². The van der Waals surface area contributed by atoms with Crippen molar-refractivity contribution < 1.29 is 9.59 Å². The summed E-state index contributed by atoms with van der Waals surface area (Å²) >= 11 is 0. The van der Waals surface area contributed by atoms with Crippen LogP contribution in [0.5, 0.6) is 0 Å². The molecule has 0 unspecified atom stereocenters. The van der Waals surface area contributed by atoms with Crippen LogP contribution in [0.15, 0.2) is 18.2 Å². The second-order valence-corrected chi connectivity index (χ2v) is 4.58. The monoisotopic (exact) mass is 246 g/mol. The van der Waals surface area contributed by atoms with Gasteiger partial charge in [-0.05, 0) is 42.5 Å². The first-order valence-electron chi connectivity index (χ1n) is 6.31. The predicted octanol–water partition coefficient (Wildman–Crippen LogP) is 1.04. The van der Waals surface area contributed by atoms with Crippen LogP contribution < -0.4 is 10.6 Å². The highest BCUT2D eigenvalue weighted by Crippen LogP contribution is 2.22. The molecule has 4 nitrogen and oxygen atoms in total. The lowest BCUT2D eigenvalue weighted by molar-refractivity contribution is -0.118. The minimum absolute atomic E-state index is 0.0740. The minimum atomic E-state index is -0.0817. The number of aryl methyl sites for hydroxylation is 2. The van der Waals surface area contributed by atoms with Crippen molar-refractivity contribution in [2.75, 3.05) is 13.1 Å². The second kappa shape index (κ2) is 5.67. The molecule has 0 saturated carbocycles. The SMILES string of the molecule is CC(=O)NCCNC(=O)c1ccc2c(c1)CCC2. The van der Waals surface area contributed by atoms with E-state index >= 15 is 0 Å². The lowest BCUT2D eigenvalue weighted by Crippen LogP contribution is -2.33. The predicted molar refractivity (Wildman–Crippen MR) is 69.5 cm³/mol. The summed E-state index contributed by atoms with van der Waals surface area (Å²) in [6, 6.07) is 5.90. The van der Waals surface area contributed by atoms with E-state index in [0.29, 0.717) is 18.7 Å². The number of rotatable bonds is 4. The zero-order valence-corrected chi connectivity index (χ0v) is 10.6. The summed E-state index contributed by atoms with van der Waals surface area (Å²) in [7, 11) is 0. The van der Waals surface area contributed by atoms with E-state index in [9.17, 15) is 9.59 Å². The summed E-state index contributed by atoms with van der Waals surface area (Å²) in [5, 5.41) is 5.43. The lowest BCUT2D eigenvalue weighted by atomic mass is 10.1. The van der Waals surface area contributed by atoms with Gasteiger partial charge in [-0.2, -0.15) is 0 Å². The number of fused-ring (bicyclic) bond motifs is 1. The topological polar surface area (TPSA) is 58.2 Å². The van der Waals surface area contributed by atoms with Crippen LogP contribution in [0.3, 0.4) is 0 Å². The largest absolute Gasteiger partial charge is 0.355 e. The number of carbonyl (C=O) groups is 2. The first kappa shape index (κ1) is 12.6. The number of hydrogen-bond donors (Lipinski definition) is 2. The van der Waals surface area contributed by atoms with Gasteiger partial charge in [-0.3, -0.25) is 9.59 Å². The number of nitrogens with one attached hydrogen (secondary N) is 2. The van der Waals surface area contributed by atoms with Gasteiger partial charge in [-0.1, -0.05) is 6.07 Å². The Bertz CT molecular complexity index is 469. The van der Waals surface area contributed by atoms with Gasteiger partial charge in [0.1, 0.15) is 0 Å². The van der Waals surface area contributed by atoms with Crippen LogP contribution >= 0.6 is 0 Å². The van der Waals surface area contributed by atoms with E-state index in [2.05, 4.69) is 10.6 Å². The molecule has 18 heavy (non-hydrogen) atoms. The molecule has 2 rings (SSSR count). The fraction of sp³-hybridized carbons (Fsp3) is 0.429. The lowest BCUT2D eigenvalue weighted by Gasteiger charge is -2.07. The van der Waals surface area contributed by atoms with Crippen molar-refractivity contribution in [3.8, 4) is 0 Å². The van der Waals surface area contributed by atoms with Crippen LogP contribution in [-0.4, -0.2) is 24.9 Å². The highest BCUT2D eigenvalue weighted by Gasteiger charge is 2.13. The maximum Gasteiger partial charge on any atom is 0.251 e. The molecule has 0 aliphatic heterocycles. The normalized spacial score (nSPS) is 12.9. The molecule has 1 aliphatic carbocycles. The maximum atomic E-state index is 11.9. The van der Waals surface area contributed by atoms with Gasteiger partial charge >= 0.3 is 0 Å². The average molecular weight is 246 g/mol. The number of carbonyl (C=O) groups excluding carboxylic acids is 2. The summed E-state index contributed by atoms with van der Waals surface area (Å²) in [4.78, 5) is 22.5. The van der Waals surface area contributed by atoms with E-state index in [1.807, 2.05) is 18.2 Å². The molecule has 0 saturated heterocycles. The first-order valence-corrected chi connectivity index (χ1v) is 6.31. The molecular formula is C14H18N2O2. The fourth-order valence-electron chi connectivity index (χ4n) is 2.23. The summed E-state index contributed by atoms with van der Waals surface area (Å²) in [5.74, 6) is -0.156. The third-order valence-electron chi connectivity index (χ3n) is 3.15. The third-order valence-corrected chi connectivity index (χ3v) is 3.15. The molecule has 2 amide bonds. The molecule has 0 heterocycles. The fourth-order valence-corrected chi connectivity index (χ4v) is 2.23. The van der Waals surface area contributed by atoms with E-state index in [4.69, 9.17) is 0 Å². The van der Waals surface area contributed by atoms with Gasteiger partial charge in [-0.15, -0.1) is 0 Å². The molecule has 0 fully saturated rings. The van der Waals surface area contributed by atoms with Gasteiger partial charge in [0.2, 0.25) is 5.91 Å². The van der Waals surface area contributed by atoms with Crippen molar-refractivity contribution in [3.63, 3.8) is 0 Å². The van der Waals surface area contributed by atoms with Crippen molar-refractivity contribution >= 4 is 11.8 Å². The minimum Gasteiger partial charge on any atom is -0.355 e. The Hall–Kier alpha value is -1.84. The van der Waals surface area contributed by atoms with Gasteiger partial charge in [0.05, 0.1) is 0 Å². The molecule has 1 aromatic carbocycles. The molecule has 96 valence electrons. The Kier molecular flexibility index (Phi) is 3.97. The molecule has 1 aromatic rings. The van der Waals surface area contributed by atoms with E-state index in [-0.39, 0.29) is 11.8 Å². The quantitative estimate of drug-likeness (QED) is 0.780. The number of amides is 2. The molecular weight excluding hydrogens is 228 g/mol. The second-order valence-electron chi connectivity index (χ2n) is 4.58. The van der Waals surface area contributed by atoms with Crippen LogP contribution in [0.4, 0.5) is 0 Å². The van der Waals surface area contributed by atoms with Crippen molar-refractivity contribution in [1.29, 1.82) is 0 Å². The Morgan fingerprint density at radius 2 is 1.83 bits per heavy atom. The van der Waals surface area contributed by atoms with Crippen LogP contribution in [0.1, 0.15) is 34.8 Å². The average Bonchev–Trinajstić information content (AvgIpc) is 2.81. The van der Waals surface area contributed by atoms with Crippen LogP contribution in [0.25, 0.3) is 0 Å². The molecule has 0 spiro atoms. The molecule has 0 atom stereocenters. The zero-order valence-electron chi connectivity index (χ0n) is 10.6. The molecule has 1 aliphatic rings. The van der Waals surface area contributed by atoms with Crippen molar-refractivity contribution in [1.82, 2.24) is 10.6 Å². The Morgan fingerprint density at radius 1 is 1.11 bits per heavy atom. The van der Waals surface area contributed by atoms with E-state index < -0.39 is 0 Å². The highest BCUT2D eigenvalue weighted by molar-refractivity contribution is 5.94. The number of hydrogen-bond acceptors (Lipinski definition) is 2. The van der Waals surface area contributed by atoms with Crippen LogP contribution in [0.2, 0.25) is 0 Å². The standard InChI is InChI=1S/C14H18N2O2/c1-10(17)15-7-8-16-14(18)13-6-5-11-3-2-4-12(11)9-13/h5-6,9H,2-4,7-8H2,1H3,(H,15,17)(H,16,18). The van der Waals surface area contributed by atoms with Gasteiger partial charge in [0.15, 0.2) is 0 Å². The van der Waals surface area contributed by atoms with Crippen molar-refractivity contribution in [2.45, 2.75) is 26.2 Å². The molecule has 0 bridgehead atoms. The molecule has 4 heteroatoms. The van der Waals surface area contributed by atoms with Crippen LogP contribution in [0, 0.1) is 0 Å². The third kappa shape index (κ3) is 3.09. The van der Waals surface area contributed by atoms with Crippen LogP contribution in [-0.2, 0) is 17.6 Å². The van der Waals surface area contributed by atoms with E-state index in [0.717, 1.165) is 12.8 Å². The van der Waals surface area contributed by atoms with Crippen molar-refractivity contribution in [2.24, 2.45) is 0 Å². The highest BCUT2D eigenvalue weighted by atomic mass is 16.2. The first-order chi connectivity index (χ1) is 8.66. The van der Waals surface area contributed by atoms with E-state index in [1.54, 1.807) is 0 Å². The summed E-state index contributed by atoms with van der Waals surface area (Å²) in [6.07, 6.45) is 3.38. The Labute approximate surface area is 107 Å². The Morgan fingerprint density at radius 3 is 2.61 bits per heavy atom. The van der Waals surface area contributed by atoms with E-state index in [1.165, 1.54) is 24.5 Å². The maximum absolute atomic E-state index is 11.9. The Balaban J connectivity index is 1.87. The number of benzene rings is 1. The molecule has 0 aromatic heterocycles. The van der Waals surface area contributed by atoms with Gasteiger partial charge in [0.25, 0.3) is 5.91 Å². The summed E-state index contributed by atoms with van der Waals surface area (Å²) in [6.45, 7) is 2.38. The molecule has 2 N–H and O–H groups in total. The molecule has 0 radical (unpaired) electrons. The van der Waals surface area contributed by atoms with Gasteiger partial charge in [-0.25, -0.2) is 0 Å². The zero-order chi connectivity index (χ0) is 13.0. The van der Waals surface area contributed by atoms with Crippen molar-refractivity contribution in [3.05, 3.63) is 34.9 Å². The summed E-state index contributed by atoms with van der Waals surface area (Å²) < 4.78 is 0. The smallest absolute Gasteiger partial charge is 0.251 e. The van der Waals surface area contributed by atoms with Gasteiger partial charge in [0, 0.05) is 25.6 Å². The summed E-state index contributed by atoms with van der Waals surface area (Å²) in [5.41, 5.74) is 3.37.